The summed E-state index contributed by atoms with van der Waals surface area (Å²) in [5, 5.41) is 0.588. The second kappa shape index (κ2) is 10.8. The Morgan fingerprint density at radius 2 is 1.83 bits per heavy atom. The summed E-state index contributed by atoms with van der Waals surface area (Å²) in [5.41, 5.74) is 9.43. The molecular weight excluding hydrogens is 493 g/mol. The molecule has 1 aliphatic rings. The Labute approximate surface area is 222 Å². The minimum absolute atomic E-state index is 0.229. The Balaban J connectivity index is 1.76. The van der Waals surface area contributed by atoms with E-state index in [0.29, 0.717) is 17.1 Å². The molecule has 186 valence electrons. The van der Waals surface area contributed by atoms with Crippen LogP contribution < -0.4 is 4.74 Å². The molecule has 4 nitrogen and oxygen atoms in total. The Morgan fingerprint density at radius 1 is 1.08 bits per heavy atom. The highest BCUT2D eigenvalue weighted by atomic mass is 35.5. The van der Waals surface area contributed by atoms with E-state index in [0.717, 1.165) is 33.6 Å². The molecule has 1 amide bonds. The number of nitrogens with zero attached hydrogens (tertiary/aromatic N) is 1. The predicted molar refractivity (Wildman–Crippen MR) is 148 cm³/mol. The zero-order chi connectivity index (χ0) is 26.0. The van der Waals surface area contributed by atoms with Gasteiger partial charge < -0.3 is 9.47 Å². The van der Waals surface area contributed by atoms with Crippen molar-refractivity contribution < 1.29 is 14.3 Å². The van der Waals surface area contributed by atoms with Gasteiger partial charge in [0.15, 0.2) is 0 Å². The predicted octanol–water partition coefficient (Wildman–Crippen LogP) is 8.32. The molecule has 0 radical (unpaired) electrons. The average Bonchev–Trinajstić information content (AvgIpc) is 3.12. The monoisotopic (exact) mass is 521 g/mol. The Hall–Kier alpha value is -3.21. The van der Waals surface area contributed by atoms with Crippen LogP contribution in [0.2, 0.25) is 5.02 Å². The molecule has 2 atom stereocenters. The highest BCUT2D eigenvalue weighted by molar-refractivity contribution is 6.30. The second-order valence-corrected chi connectivity index (χ2v) is 9.76. The molecule has 0 saturated carbocycles. The first-order chi connectivity index (χ1) is 17.2. The Kier molecular flexibility index (Phi) is 7.77. The van der Waals surface area contributed by atoms with Crippen molar-refractivity contribution in [3.8, 4) is 28.0 Å². The number of carbonyl (C=O) groups is 1. The molecule has 0 N–H and O–H groups in total. The lowest BCUT2D eigenvalue weighted by molar-refractivity contribution is 0.142. The third-order valence-corrected chi connectivity index (χ3v) is 6.99. The number of hydrogen-bond acceptors (Lipinski definition) is 3. The summed E-state index contributed by atoms with van der Waals surface area (Å²) in [7, 11) is 1.66. The lowest BCUT2D eigenvalue weighted by Gasteiger charge is -2.23. The average molecular weight is 522 g/mol. The van der Waals surface area contributed by atoms with E-state index in [9.17, 15) is 4.79 Å². The summed E-state index contributed by atoms with van der Waals surface area (Å²) in [6, 6.07) is 18.1. The van der Waals surface area contributed by atoms with E-state index in [4.69, 9.17) is 32.7 Å². The first-order valence-electron chi connectivity index (χ1n) is 11.7. The van der Waals surface area contributed by atoms with Gasteiger partial charge >= 0.3 is 6.09 Å². The maximum absolute atomic E-state index is 12.8. The zero-order valence-electron chi connectivity index (χ0n) is 20.8. The fourth-order valence-corrected chi connectivity index (χ4v) is 5.09. The lowest BCUT2D eigenvalue weighted by Crippen LogP contribution is -2.34. The number of hydrogen-bond donors (Lipinski definition) is 0. The van der Waals surface area contributed by atoms with Gasteiger partial charge in [0, 0.05) is 16.1 Å². The fourth-order valence-electron chi connectivity index (χ4n) is 4.74. The van der Waals surface area contributed by atoms with Gasteiger partial charge in [-0.15, -0.1) is 0 Å². The van der Waals surface area contributed by atoms with Crippen LogP contribution in [0.3, 0.4) is 0 Å². The standard InChI is InChI=1S/C30H29Cl2NO3/c1-18-6-9-25(20(3)14-18)22-7-11-28(35-5)27(16-22)26-10-8-24(32)15-23(26)17-33-21(4)29(36-30(33)34)19(2)12-13-31/h6-16,21,29H,2,17H2,1,3-5H3/b13-12+. The van der Waals surface area contributed by atoms with Crippen LogP contribution in [-0.4, -0.2) is 30.2 Å². The third kappa shape index (κ3) is 5.16. The first kappa shape index (κ1) is 25.9. The quantitative estimate of drug-likeness (QED) is 0.293. The van der Waals surface area contributed by atoms with E-state index in [1.165, 1.54) is 16.7 Å². The number of benzene rings is 3. The molecule has 6 heteroatoms. The van der Waals surface area contributed by atoms with Crippen molar-refractivity contribution in [1.82, 2.24) is 4.90 Å². The summed E-state index contributed by atoms with van der Waals surface area (Å²) in [4.78, 5) is 14.5. The third-order valence-electron chi connectivity index (χ3n) is 6.63. The van der Waals surface area contributed by atoms with Crippen LogP contribution in [0, 0.1) is 13.8 Å². The van der Waals surface area contributed by atoms with E-state index < -0.39 is 12.2 Å². The number of ether oxygens (including phenoxy) is 2. The van der Waals surface area contributed by atoms with E-state index in [-0.39, 0.29) is 6.04 Å². The van der Waals surface area contributed by atoms with Crippen molar-refractivity contribution in [2.45, 2.75) is 39.5 Å². The number of carbonyl (C=O) groups excluding carboxylic acids is 1. The molecule has 1 heterocycles. The molecule has 3 aromatic carbocycles. The molecule has 1 fully saturated rings. The zero-order valence-corrected chi connectivity index (χ0v) is 22.4. The van der Waals surface area contributed by atoms with Crippen LogP contribution >= 0.6 is 23.2 Å². The number of aryl methyl sites for hydroxylation is 2. The van der Waals surface area contributed by atoms with Gasteiger partial charge in [0.1, 0.15) is 11.9 Å². The van der Waals surface area contributed by atoms with E-state index in [1.54, 1.807) is 18.1 Å². The normalized spacial score (nSPS) is 17.5. The van der Waals surface area contributed by atoms with Gasteiger partial charge in [-0.3, -0.25) is 4.90 Å². The molecule has 2 unspecified atom stereocenters. The van der Waals surface area contributed by atoms with Crippen molar-refractivity contribution in [1.29, 1.82) is 0 Å². The van der Waals surface area contributed by atoms with Crippen molar-refractivity contribution in [2.75, 3.05) is 7.11 Å². The number of cyclic esters (lactones) is 1. The highest BCUT2D eigenvalue weighted by Gasteiger charge is 2.39. The molecular formula is C30H29Cl2NO3. The maximum Gasteiger partial charge on any atom is 0.411 e. The van der Waals surface area contributed by atoms with Crippen molar-refractivity contribution >= 4 is 29.3 Å². The van der Waals surface area contributed by atoms with Crippen molar-refractivity contribution in [3.63, 3.8) is 0 Å². The minimum atomic E-state index is -0.475. The Bertz CT molecular complexity index is 1350. The number of methoxy groups -OCH3 is 1. The van der Waals surface area contributed by atoms with Gasteiger partial charge in [0.25, 0.3) is 0 Å². The van der Waals surface area contributed by atoms with Crippen LogP contribution in [0.4, 0.5) is 4.79 Å². The van der Waals surface area contributed by atoms with Crippen LogP contribution in [0.5, 0.6) is 5.75 Å². The van der Waals surface area contributed by atoms with E-state index >= 15 is 0 Å². The smallest absolute Gasteiger partial charge is 0.411 e. The molecule has 1 aliphatic heterocycles. The van der Waals surface area contributed by atoms with Crippen molar-refractivity contribution in [2.24, 2.45) is 0 Å². The van der Waals surface area contributed by atoms with Crippen molar-refractivity contribution in [3.05, 3.63) is 100 Å². The van der Waals surface area contributed by atoms with E-state index in [2.05, 4.69) is 50.8 Å². The van der Waals surface area contributed by atoms with Gasteiger partial charge in [0.05, 0.1) is 19.7 Å². The van der Waals surface area contributed by atoms with E-state index in [1.807, 2.05) is 31.2 Å². The molecule has 1 saturated heterocycles. The molecule has 3 aromatic rings. The van der Waals surface area contributed by atoms with Gasteiger partial charge in [-0.25, -0.2) is 4.79 Å². The number of halogens is 2. The fraction of sp³-hybridized carbons (Fsp3) is 0.233. The molecule has 0 aromatic heterocycles. The number of rotatable bonds is 7. The summed E-state index contributed by atoms with van der Waals surface area (Å²) in [6.45, 7) is 10.5. The largest absolute Gasteiger partial charge is 0.496 e. The first-order valence-corrected chi connectivity index (χ1v) is 12.5. The van der Waals surface area contributed by atoms with Gasteiger partial charge in [-0.05, 0) is 84.5 Å². The highest BCUT2D eigenvalue weighted by Crippen LogP contribution is 2.39. The minimum Gasteiger partial charge on any atom is -0.496 e. The lowest BCUT2D eigenvalue weighted by atomic mass is 9.92. The summed E-state index contributed by atoms with van der Waals surface area (Å²) in [6.07, 6.45) is 0.768. The Morgan fingerprint density at radius 3 is 2.53 bits per heavy atom. The summed E-state index contributed by atoms with van der Waals surface area (Å²) in [5.74, 6) is 0.739. The SMILES string of the molecule is C=C(/C=C/Cl)C1OC(=O)N(Cc2cc(Cl)ccc2-c2cc(-c3ccc(C)cc3C)ccc2OC)C1C. The summed E-state index contributed by atoms with van der Waals surface area (Å²) >= 11 is 12.1. The molecule has 0 aliphatic carbocycles. The van der Waals surface area contributed by atoms with Gasteiger partial charge in [0.2, 0.25) is 0 Å². The molecule has 0 bridgehead atoms. The maximum atomic E-state index is 12.8. The van der Waals surface area contributed by atoms with Gasteiger partial charge in [-0.2, -0.15) is 0 Å². The molecule has 0 spiro atoms. The second-order valence-electron chi connectivity index (χ2n) is 9.08. The topological polar surface area (TPSA) is 38.8 Å². The molecule has 36 heavy (non-hydrogen) atoms. The van der Waals surface area contributed by atoms with Gasteiger partial charge in [-0.1, -0.05) is 65.7 Å². The van der Waals surface area contributed by atoms with Crippen LogP contribution in [0.25, 0.3) is 22.3 Å². The number of amides is 1. The van der Waals surface area contributed by atoms with Crippen LogP contribution in [0.15, 0.2) is 78.4 Å². The van der Waals surface area contributed by atoms with Crippen LogP contribution in [0.1, 0.15) is 23.6 Å². The molecule has 4 rings (SSSR count). The summed E-state index contributed by atoms with van der Waals surface area (Å²) < 4.78 is 11.4. The van der Waals surface area contributed by atoms with Crippen LogP contribution in [-0.2, 0) is 11.3 Å².